The van der Waals surface area contributed by atoms with Crippen molar-refractivity contribution in [1.29, 1.82) is 0 Å². The molecule has 1 N–H and O–H groups in total. The van der Waals surface area contributed by atoms with E-state index >= 15 is 0 Å². The highest BCUT2D eigenvalue weighted by molar-refractivity contribution is 5.69. The molecule has 3 rings (SSSR count). The normalized spacial score (nSPS) is 30.8. The van der Waals surface area contributed by atoms with Crippen molar-refractivity contribution in [3.05, 3.63) is 24.3 Å². The zero-order chi connectivity index (χ0) is 27.0. The summed E-state index contributed by atoms with van der Waals surface area (Å²) in [6.07, 6.45) is 18.6. The van der Waals surface area contributed by atoms with E-state index in [9.17, 15) is 9.90 Å². The first-order valence-electron chi connectivity index (χ1n) is 14.6. The van der Waals surface area contributed by atoms with Crippen LogP contribution in [0, 0.1) is 23.7 Å². The highest BCUT2D eigenvalue weighted by Gasteiger charge is 2.42. The van der Waals surface area contributed by atoms with Crippen LogP contribution in [0.3, 0.4) is 0 Å². The fourth-order valence-corrected chi connectivity index (χ4v) is 5.50. The van der Waals surface area contributed by atoms with Gasteiger partial charge in [0.15, 0.2) is 12.6 Å². The van der Waals surface area contributed by atoms with E-state index in [1.54, 1.807) is 0 Å². The molecule has 3 aliphatic rings. The predicted octanol–water partition coefficient (Wildman–Crippen LogP) is 5.46. The van der Waals surface area contributed by atoms with Crippen molar-refractivity contribution in [1.82, 2.24) is 0 Å². The van der Waals surface area contributed by atoms with E-state index in [0.29, 0.717) is 12.8 Å². The Hall–Kier alpha value is -1.69. The third-order valence-corrected chi connectivity index (χ3v) is 7.65. The molecule has 1 aliphatic carbocycles. The minimum atomic E-state index is -0.454. The Morgan fingerprint density at radius 2 is 1.87 bits per heavy atom. The van der Waals surface area contributed by atoms with Gasteiger partial charge in [0.25, 0.3) is 0 Å². The van der Waals surface area contributed by atoms with Crippen molar-refractivity contribution in [2.45, 2.75) is 121 Å². The van der Waals surface area contributed by atoms with Gasteiger partial charge >= 0.3 is 5.97 Å². The molecule has 0 amide bonds. The van der Waals surface area contributed by atoms with Crippen LogP contribution in [0.1, 0.15) is 90.4 Å². The lowest BCUT2D eigenvalue weighted by Crippen LogP contribution is -2.31. The Kier molecular flexibility index (Phi) is 14.5. The largest absolute Gasteiger partial charge is 0.469 e. The Morgan fingerprint density at radius 1 is 1.11 bits per heavy atom. The highest BCUT2D eigenvalue weighted by Crippen LogP contribution is 2.39. The summed E-state index contributed by atoms with van der Waals surface area (Å²) in [5.41, 5.74) is 0. The number of rotatable bonds is 14. The lowest BCUT2D eigenvalue weighted by Gasteiger charge is -2.29. The minimum absolute atomic E-state index is 0.0405. The van der Waals surface area contributed by atoms with Crippen LogP contribution in [0.2, 0.25) is 0 Å². The van der Waals surface area contributed by atoms with E-state index < -0.39 is 6.10 Å². The van der Waals surface area contributed by atoms with E-state index in [2.05, 4.69) is 36.1 Å². The summed E-state index contributed by atoms with van der Waals surface area (Å²) in [4.78, 5) is 11.3. The van der Waals surface area contributed by atoms with Gasteiger partial charge in [0.1, 0.15) is 0 Å². The Bertz CT molecular complexity index is 786. The molecule has 0 radical (unpaired) electrons. The number of unbranched alkanes of at least 4 members (excludes halogenated alkanes) is 1. The summed E-state index contributed by atoms with van der Waals surface area (Å²) in [7, 11) is 1.42. The molecule has 0 spiro atoms. The summed E-state index contributed by atoms with van der Waals surface area (Å²) in [6, 6.07) is 0. The first kappa shape index (κ1) is 30.8. The molecule has 0 bridgehead atoms. The molecule has 7 nitrogen and oxygen atoms in total. The number of carbonyl (C=O) groups is 1. The second-order valence-electron chi connectivity index (χ2n) is 10.5. The molecule has 214 valence electrons. The van der Waals surface area contributed by atoms with Gasteiger partial charge in [-0.25, -0.2) is 0 Å². The summed E-state index contributed by atoms with van der Waals surface area (Å²) in [5, 5.41) is 11.0. The summed E-state index contributed by atoms with van der Waals surface area (Å²) in [6.45, 7) is 3.34. The van der Waals surface area contributed by atoms with Gasteiger partial charge in [-0.3, -0.25) is 4.79 Å². The first-order valence-corrected chi connectivity index (χ1v) is 14.6. The molecule has 38 heavy (non-hydrogen) atoms. The maximum absolute atomic E-state index is 11.3. The first-order chi connectivity index (χ1) is 18.6. The molecule has 0 aromatic rings. The number of allylic oxidation sites excluding steroid dienone is 2. The van der Waals surface area contributed by atoms with Crippen molar-refractivity contribution in [3.63, 3.8) is 0 Å². The van der Waals surface area contributed by atoms with Crippen LogP contribution in [0.15, 0.2) is 24.3 Å². The maximum atomic E-state index is 11.3. The lowest BCUT2D eigenvalue weighted by atomic mass is 9.89. The predicted molar refractivity (Wildman–Crippen MR) is 146 cm³/mol. The summed E-state index contributed by atoms with van der Waals surface area (Å²) in [5.74, 6) is 6.04. The SMILES string of the molecule is CC#CCC[C@@H](C=C[C@@H]1[C@@H](CC=CCCCC(=O)OC)[C@@H](O)C[C@H]1OC1CCCCO1)OC1CCCCO1. The van der Waals surface area contributed by atoms with E-state index in [0.717, 1.165) is 83.8 Å². The molecular weight excluding hydrogens is 484 g/mol. The molecule has 2 unspecified atom stereocenters. The fourth-order valence-electron chi connectivity index (χ4n) is 5.50. The van der Waals surface area contributed by atoms with Crippen LogP contribution in [0.25, 0.3) is 0 Å². The van der Waals surface area contributed by atoms with Gasteiger partial charge < -0.3 is 28.8 Å². The Balaban J connectivity index is 1.66. The number of esters is 1. The third-order valence-electron chi connectivity index (χ3n) is 7.65. The van der Waals surface area contributed by atoms with Crippen molar-refractivity contribution in [3.8, 4) is 11.8 Å². The number of hydrogen-bond acceptors (Lipinski definition) is 7. The monoisotopic (exact) mass is 532 g/mol. The van der Waals surface area contributed by atoms with Gasteiger partial charge in [-0.05, 0) is 77.0 Å². The number of aliphatic hydroxyl groups is 1. The molecule has 2 saturated heterocycles. The second kappa shape index (κ2) is 17.8. The lowest BCUT2D eigenvalue weighted by molar-refractivity contribution is -0.193. The van der Waals surface area contributed by atoms with E-state index in [-0.39, 0.29) is 42.6 Å². The highest BCUT2D eigenvalue weighted by atomic mass is 16.7. The van der Waals surface area contributed by atoms with Crippen molar-refractivity contribution < 1.29 is 33.6 Å². The van der Waals surface area contributed by atoms with Crippen molar-refractivity contribution in [2.24, 2.45) is 11.8 Å². The van der Waals surface area contributed by atoms with Crippen LogP contribution >= 0.6 is 0 Å². The minimum Gasteiger partial charge on any atom is -0.469 e. The number of methoxy groups -OCH3 is 1. The Morgan fingerprint density at radius 3 is 2.55 bits per heavy atom. The van der Waals surface area contributed by atoms with Gasteiger partial charge in [-0.2, -0.15) is 0 Å². The van der Waals surface area contributed by atoms with Gasteiger partial charge in [-0.1, -0.05) is 24.3 Å². The molecule has 7 heteroatoms. The molecule has 1 saturated carbocycles. The topological polar surface area (TPSA) is 83.5 Å². The smallest absolute Gasteiger partial charge is 0.305 e. The quantitative estimate of drug-likeness (QED) is 0.138. The third kappa shape index (κ3) is 10.8. The summed E-state index contributed by atoms with van der Waals surface area (Å²) < 4.78 is 29.2. The van der Waals surface area contributed by atoms with Gasteiger partial charge in [-0.15, -0.1) is 11.8 Å². The Labute approximate surface area is 229 Å². The van der Waals surface area contributed by atoms with Gasteiger partial charge in [0.2, 0.25) is 0 Å². The van der Waals surface area contributed by atoms with E-state index in [4.69, 9.17) is 23.7 Å². The maximum Gasteiger partial charge on any atom is 0.305 e. The summed E-state index contributed by atoms with van der Waals surface area (Å²) >= 11 is 0. The van der Waals surface area contributed by atoms with Crippen LogP contribution < -0.4 is 0 Å². The number of hydrogen-bond donors (Lipinski definition) is 1. The number of carbonyl (C=O) groups excluding carboxylic acids is 1. The van der Waals surface area contributed by atoms with Crippen LogP contribution in [0.4, 0.5) is 0 Å². The van der Waals surface area contributed by atoms with Crippen LogP contribution in [0.5, 0.6) is 0 Å². The molecule has 3 fully saturated rings. The van der Waals surface area contributed by atoms with E-state index in [1.807, 2.05) is 6.92 Å². The fraction of sp³-hybridized carbons (Fsp3) is 0.774. The zero-order valence-electron chi connectivity index (χ0n) is 23.4. The van der Waals surface area contributed by atoms with Crippen LogP contribution in [-0.2, 0) is 28.5 Å². The van der Waals surface area contributed by atoms with Crippen molar-refractivity contribution >= 4 is 5.97 Å². The standard InChI is InChI=1S/C31H48O7/c1-3-4-7-14-24(37-30-17-10-12-21-35-30)19-20-26-25(15-8-5-6-9-16-29(33)34-2)27(32)23-28(26)38-31-18-11-13-22-36-31/h5,8,19-20,24-28,30-32H,6-7,9-18,21-23H2,1-2H3/t24-,25+,26+,27-,28+,30?,31?/m0/s1. The second-order valence-corrected chi connectivity index (χ2v) is 10.5. The molecule has 0 aromatic carbocycles. The molecule has 0 aromatic heterocycles. The van der Waals surface area contributed by atoms with Crippen molar-refractivity contribution in [2.75, 3.05) is 20.3 Å². The average Bonchev–Trinajstić information content (AvgIpc) is 3.23. The van der Waals surface area contributed by atoms with E-state index in [1.165, 1.54) is 7.11 Å². The molecular formula is C31H48O7. The van der Waals surface area contributed by atoms with Gasteiger partial charge in [0, 0.05) is 38.4 Å². The molecule has 2 heterocycles. The zero-order valence-corrected chi connectivity index (χ0v) is 23.4. The number of ether oxygens (including phenoxy) is 5. The molecule has 7 atom stereocenters. The van der Waals surface area contributed by atoms with Gasteiger partial charge in [0.05, 0.1) is 25.4 Å². The van der Waals surface area contributed by atoms with Crippen LogP contribution in [-0.4, -0.2) is 62.3 Å². The average molecular weight is 533 g/mol. The number of aliphatic hydroxyl groups excluding tert-OH is 1. The molecule has 2 aliphatic heterocycles.